The zero-order chi connectivity index (χ0) is 13.0. The summed E-state index contributed by atoms with van der Waals surface area (Å²) in [6.45, 7) is 2.29. The standard InChI is InChI=1S/C12H15NO5/c1-2-15-12(14)9(13)6-16-8-3-4-10-11(5-8)18-7-17-10/h3-5,9H,2,6-7,13H2,1H3. The molecule has 1 unspecified atom stereocenters. The highest BCUT2D eigenvalue weighted by atomic mass is 16.7. The van der Waals surface area contributed by atoms with Gasteiger partial charge >= 0.3 is 5.97 Å². The van der Waals surface area contributed by atoms with E-state index < -0.39 is 12.0 Å². The zero-order valence-electron chi connectivity index (χ0n) is 10.0. The van der Waals surface area contributed by atoms with Crippen LogP contribution in [0.15, 0.2) is 18.2 Å². The van der Waals surface area contributed by atoms with Crippen molar-refractivity contribution < 1.29 is 23.7 Å². The molecule has 0 saturated carbocycles. The Labute approximate surface area is 105 Å². The first-order valence-corrected chi connectivity index (χ1v) is 5.65. The van der Waals surface area contributed by atoms with Crippen LogP contribution in [0, 0.1) is 0 Å². The van der Waals surface area contributed by atoms with E-state index in [1.165, 1.54) is 0 Å². The van der Waals surface area contributed by atoms with Gasteiger partial charge in [0, 0.05) is 6.07 Å². The molecule has 1 aliphatic rings. The minimum atomic E-state index is -0.796. The molecule has 0 radical (unpaired) electrons. The molecule has 0 amide bonds. The van der Waals surface area contributed by atoms with Gasteiger partial charge in [0.05, 0.1) is 6.61 Å². The molecule has 1 atom stereocenters. The van der Waals surface area contributed by atoms with Gasteiger partial charge in [0.15, 0.2) is 11.5 Å². The summed E-state index contributed by atoms with van der Waals surface area (Å²) in [7, 11) is 0. The summed E-state index contributed by atoms with van der Waals surface area (Å²) in [5, 5.41) is 0. The summed E-state index contributed by atoms with van der Waals surface area (Å²) < 4.78 is 20.6. The molecule has 1 aromatic carbocycles. The zero-order valence-corrected chi connectivity index (χ0v) is 10.0. The maximum atomic E-state index is 11.3. The van der Waals surface area contributed by atoms with E-state index in [1.54, 1.807) is 25.1 Å². The highest BCUT2D eigenvalue weighted by Gasteiger charge is 2.17. The van der Waals surface area contributed by atoms with Crippen LogP contribution in [-0.4, -0.2) is 32.0 Å². The van der Waals surface area contributed by atoms with Gasteiger partial charge in [-0.05, 0) is 19.1 Å². The van der Waals surface area contributed by atoms with Crippen molar-refractivity contribution in [1.82, 2.24) is 0 Å². The van der Waals surface area contributed by atoms with Crippen molar-refractivity contribution in [3.8, 4) is 17.2 Å². The van der Waals surface area contributed by atoms with Crippen molar-refractivity contribution >= 4 is 5.97 Å². The predicted octanol–water partition coefficient (Wildman–Crippen LogP) is 0.684. The van der Waals surface area contributed by atoms with E-state index >= 15 is 0 Å². The Morgan fingerprint density at radius 3 is 3.00 bits per heavy atom. The Morgan fingerprint density at radius 2 is 2.22 bits per heavy atom. The quantitative estimate of drug-likeness (QED) is 0.777. The fourth-order valence-corrected chi connectivity index (χ4v) is 1.47. The molecule has 0 spiro atoms. The van der Waals surface area contributed by atoms with Crippen LogP contribution in [0.2, 0.25) is 0 Å². The summed E-state index contributed by atoms with van der Waals surface area (Å²) in [6, 6.07) is 4.37. The normalized spacial score (nSPS) is 14.1. The maximum absolute atomic E-state index is 11.3. The lowest BCUT2D eigenvalue weighted by molar-refractivity contribution is -0.145. The third-order valence-corrected chi connectivity index (χ3v) is 2.36. The van der Waals surface area contributed by atoms with Crippen molar-refractivity contribution in [1.29, 1.82) is 0 Å². The summed E-state index contributed by atoms with van der Waals surface area (Å²) >= 11 is 0. The van der Waals surface area contributed by atoms with Gasteiger partial charge in [-0.3, -0.25) is 4.79 Å². The van der Waals surface area contributed by atoms with E-state index in [0.717, 1.165) is 0 Å². The van der Waals surface area contributed by atoms with Crippen LogP contribution >= 0.6 is 0 Å². The highest BCUT2D eigenvalue weighted by molar-refractivity contribution is 5.75. The topological polar surface area (TPSA) is 80.0 Å². The van der Waals surface area contributed by atoms with Gasteiger partial charge in [-0.25, -0.2) is 0 Å². The molecule has 18 heavy (non-hydrogen) atoms. The SMILES string of the molecule is CCOC(=O)C(N)COc1ccc2c(c1)OCO2. The summed E-state index contributed by atoms with van der Waals surface area (Å²) in [5.41, 5.74) is 5.61. The Morgan fingerprint density at radius 1 is 1.44 bits per heavy atom. The van der Waals surface area contributed by atoms with Gasteiger partial charge in [0.2, 0.25) is 6.79 Å². The molecular formula is C12H15NO5. The van der Waals surface area contributed by atoms with Crippen LogP contribution in [0.5, 0.6) is 17.2 Å². The van der Waals surface area contributed by atoms with Crippen LogP contribution in [0.1, 0.15) is 6.92 Å². The molecule has 98 valence electrons. The summed E-state index contributed by atoms with van der Waals surface area (Å²) in [5.74, 6) is 1.39. The molecule has 0 aromatic heterocycles. The number of ether oxygens (including phenoxy) is 4. The van der Waals surface area contributed by atoms with E-state index in [0.29, 0.717) is 23.9 Å². The van der Waals surface area contributed by atoms with Crippen molar-refractivity contribution in [2.24, 2.45) is 5.73 Å². The minimum Gasteiger partial charge on any atom is -0.491 e. The first kappa shape index (κ1) is 12.5. The van der Waals surface area contributed by atoms with Crippen molar-refractivity contribution in [2.75, 3.05) is 20.0 Å². The molecule has 2 rings (SSSR count). The number of hydrogen-bond donors (Lipinski definition) is 1. The number of esters is 1. The van der Waals surface area contributed by atoms with E-state index in [9.17, 15) is 4.79 Å². The van der Waals surface area contributed by atoms with Gasteiger partial charge in [0.1, 0.15) is 18.4 Å². The van der Waals surface area contributed by atoms with Crippen LogP contribution < -0.4 is 19.9 Å². The Hall–Kier alpha value is -1.95. The van der Waals surface area contributed by atoms with E-state index in [-0.39, 0.29) is 13.4 Å². The number of carbonyl (C=O) groups is 1. The molecule has 0 aliphatic carbocycles. The smallest absolute Gasteiger partial charge is 0.326 e. The molecule has 6 heteroatoms. The maximum Gasteiger partial charge on any atom is 0.326 e. The number of benzene rings is 1. The number of carbonyl (C=O) groups excluding carboxylic acids is 1. The first-order valence-electron chi connectivity index (χ1n) is 5.65. The fraction of sp³-hybridized carbons (Fsp3) is 0.417. The van der Waals surface area contributed by atoms with Gasteiger partial charge in [-0.15, -0.1) is 0 Å². The van der Waals surface area contributed by atoms with Crippen LogP contribution in [0.25, 0.3) is 0 Å². The Bertz CT molecular complexity index is 434. The van der Waals surface area contributed by atoms with Crippen LogP contribution in [0.4, 0.5) is 0 Å². The molecule has 1 aromatic rings. The average Bonchev–Trinajstić information content (AvgIpc) is 2.83. The number of hydrogen-bond acceptors (Lipinski definition) is 6. The lowest BCUT2D eigenvalue weighted by Crippen LogP contribution is -2.37. The summed E-state index contributed by atoms with van der Waals surface area (Å²) in [6.07, 6.45) is 0. The third kappa shape index (κ3) is 2.84. The van der Waals surface area contributed by atoms with E-state index in [4.69, 9.17) is 24.7 Å². The van der Waals surface area contributed by atoms with Crippen LogP contribution in [0.3, 0.4) is 0 Å². The van der Waals surface area contributed by atoms with Gasteiger partial charge in [-0.1, -0.05) is 0 Å². The molecule has 0 saturated heterocycles. The second-order valence-corrected chi connectivity index (χ2v) is 3.68. The molecule has 1 aliphatic heterocycles. The van der Waals surface area contributed by atoms with Gasteiger partial charge in [0.25, 0.3) is 0 Å². The second kappa shape index (κ2) is 5.59. The third-order valence-electron chi connectivity index (χ3n) is 2.36. The van der Waals surface area contributed by atoms with Crippen molar-refractivity contribution in [3.63, 3.8) is 0 Å². The van der Waals surface area contributed by atoms with E-state index in [2.05, 4.69) is 0 Å². The van der Waals surface area contributed by atoms with Crippen molar-refractivity contribution in [3.05, 3.63) is 18.2 Å². The number of fused-ring (bicyclic) bond motifs is 1. The molecule has 1 heterocycles. The van der Waals surface area contributed by atoms with Gasteiger partial charge < -0.3 is 24.7 Å². The lowest BCUT2D eigenvalue weighted by atomic mass is 10.3. The van der Waals surface area contributed by atoms with E-state index in [1.807, 2.05) is 0 Å². The monoisotopic (exact) mass is 253 g/mol. The Balaban J connectivity index is 1.88. The molecule has 2 N–H and O–H groups in total. The largest absolute Gasteiger partial charge is 0.491 e. The molecule has 0 fully saturated rings. The molecular weight excluding hydrogens is 238 g/mol. The molecule has 6 nitrogen and oxygen atoms in total. The predicted molar refractivity (Wildman–Crippen MR) is 62.7 cm³/mol. The second-order valence-electron chi connectivity index (χ2n) is 3.68. The number of rotatable bonds is 5. The molecule has 0 bridgehead atoms. The van der Waals surface area contributed by atoms with Crippen molar-refractivity contribution in [2.45, 2.75) is 13.0 Å². The Kier molecular flexibility index (Phi) is 3.88. The van der Waals surface area contributed by atoms with Gasteiger partial charge in [-0.2, -0.15) is 0 Å². The first-order chi connectivity index (χ1) is 8.70. The average molecular weight is 253 g/mol. The number of nitrogens with two attached hydrogens (primary N) is 1. The van der Waals surface area contributed by atoms with Crippen LogP contribution in [-0.2, 0) is 9.53 Å². The lowest BCUT2D eigenvalue weighted by Gasteiger charge is -2.12. The highest BCUT2D eigenvalue weighted by Crippen LogP contribution is 2.35. The minimum absolute atomic E-state index is 0.0540. The summed E-state index contributed by atoms with van der Waals surface area (Å²) in [4.78, 5) is 11.3. The fourth-order valence-electron chi connectivity index (χ4n) is 1.47.